The first kappa shape index (κ1) is 12.8. The number of nitrogens with one attached hydrogen (secondary N) is 1. The van der Waals surface area contributed by atoms with Crippen LogP contribution in [0.2, 0.25) is 0 Å². The standard InChI is InChI=1S/C12H20N6/c1-4-5-13-6-11-7-14-18(10(11)2)9-12-8-17(3)16-15-12/h7-8,13H,4-6,9H2,1-3H3. The third-order valence-electron chi connectivity index (χ3n) is 2.91. The van der Waals surface area contributed by atoms with Crippen LogP contribution in [0.1, 0.15) is 30.3 Å². The van der Waals surface area contributed by atoms with Gasteiger partial charge in [-0.15, -0.1) is 5.10 Å². The Labute approximate surface area is 107 Å². The van der Waals surface area contributed by atoms with Gasteiger partial charge in [-0.2, -0.15) is 5.10 Å². The lowest BCUT2D eigenvalue weighted by atomic mass is 10.2. The van der Waals surface area contributed by atoms with Crippen LogP contribution in [0, 0.1) is 6.92 Å². The lowest BCUT2D eigenvalue weighted by Gasteiger charge is -2.04. The monoisotopic (exact) mass is 248 g/mol. The summed E-state index contributed by atoms with van der Waals surface area (Å²) < 4.78 is 3.67. The van der Waals surface area contributed by atoms with Crippen LogP contribution in [0.5, 0.6) is 0 Å². The van der Waals surface area contributed by atoms with Gasteiger partial charge in [0.2, 0.25) is 0 Å². The van der Waals surface area contributed by atoms with Crippen LogP contribution in [0.4, 0.5) is 0 Å². The summed E-state index contributed by atoms with van der Waals surface area (Å²) in [5, 5.41) is 15.8. The minimum absolute atomic E-state index is 0.674. The Morgan fingerprint density at radius 1 is 1.39 bits per heavy atom. The van der Waals surface area contributed by atoms with Gasteiger partial charge in [-0.3, -0.25) is 9.36 Å². The van der Waals surface area contributed by atoms with Crippen molar-refractivity contribution in [2.75, 3.05) is 6.54 Å². The lowest BCUT2D eigenvalue weighted by molar-refractivity contribution is 0.640. The maximum Gasteiger partial charge on any atom is 0.104 e. The van der Waals surface area contributed by atoms with Gasteiger partial charge in [-0.1, -0.05) is 12.1 Å². The van der Waals surface area contributed by atoms with Crippen LogP contribution in [0.15, 0.2) is 12.4 Å². The topological polar surface area (TPSA) is 60.6 Å². The molecular weight excluding hydrogens is 228 g/mol. The second kappa shape index (κ2) is 5.77. The second-order valence-electron chi connectivity index (χ2n) is 4.47. The SMILES string of the molecule is CCCNCc1cnn(Cc2cn(C)nn2)c1C. The van der Waals surface area contributed by atoms with E-state index in [0.29, 0.717) is 6.54 Å². The molecule has 2 aromatic heterocycles. The Balaban J connectivity index is 2.01. The Bertz CT molecular complexity index is 498. The molecule has 18 heavy (non-hydrogen) atoms. The molecule has 2 heterocycles. The summed E-state index contributed by atoms with van der Waals surface area (Å²) in [4.78, 5) is 0. The summed E-state index contributed by atoms with van der Waals surface area (Å²) in [7, 11) is 1.87. The van der Waals surface area contributed by atoms with Crippen molar-refractivity contribution >= 4 is 0 Å². The number of nitrogens with zero attached hydrogens (tertiary/aromatic N) is 5. The first-order valence-corrected chi connectivity index (χ1v) is 6.28. The molecule has 0 aromatic carbocycles. The number of aryl methyl sites for hydroxylation is 1. The first-order chi connectivity index (χ1) is 8.70. The summed E-state index contributed by atoms with van der Waals surface area (Å²) in [6, 6.07) is 0. The molecule has 0 bridgehead atoms. The Kier molecular flexibility index (Phi) is 4.09. The van der Waals surface area contributed by atoms with Crippen LogP contribution in [-0.2, 0) is 20.1 Å². The van der Waals surface area contributed by atoms with Crippen LogP contribution in [0.25, 0.3) is 0 Å². The highest BCUT2D eigenvalue weighted by Gasteiger charge is 2.08. The Morgan fingerprint density at radius 3 is 2.89 bits per heavy atom. The predicted molar refractivity (Wildman–Crippen MR) is 69.1 cm³/mol. The fraction of sp³-hybridized carbons (Fsp3) is 0.583. The smallest absolute Gasteiger partial charge is 0.104 e. The normalized spacial score (nSPS) is 11.1. The average molecular weight is 248 g/mol. The number of hydrogen-bond acceptors (Lipinski definition) is 4. The first-order valence-electron chi connectivity index (χ1n) is 6.28. The fourth-order valence-electron chi connectivity index (χ4n) is 1.84. The molecular formula is C12H20N6. The van der Waals surface area contributed by atoms with Crippen molar-refractivity contribution in [1.29, 1.82) is 0 Å². The molecule has 98 valence electrons. The third kappa shape index (κ3) is 2.95. The zero-order valence-electron chi connectivity index (χ0n) is 11.2. The third-order valence-corrected chi connectivity index (χ3v) is 2.91. The molecule has 0 aliphatic rings. The van der Waals surface area contributed by atoms with E-state index >= 15 is 0 Å². The van der Waals surface area contributed by atoms with Crippen LogP contribution >= 0.6 is 0 Å². The van der Waals surface area contributed by atoms with Crippen LogP contribution in [-0.4, -0.2) is 31.3 Å². The molecule has 1 N–H and O–H groups in total. The van der Waals surface area contributed by atoms with Crippen LogP contribution in [0.3, 0.4) is 0 Å². The number of rotatable bonds is 6. The molecule has 0 atom stereocenters. The zero-order valence-corrected chi connectivity index (χ0v) is 11.2. The van der Waals surface area contributed by atoms with E-state index in [1.54, 1.807) is 4.68 Å². The van der Waals surface area contributed by atoms with E-state index < -0.39 is 0 Å². The van der Waals surface area contributed by atoms with Crippen LogP contribution < -0.4 is 5.32 Å². The van der Waals surface area contributed by atoms with E-state index in [-0.39, 0.29) is 0 Å². The molecule has 6 nitrogen and oxygen atoms in total. The van der Waals surface area contributed by atoms with Crippen molar-refractivity contribution in [2.45, 2.75) is 33.4 Å². The van der Waals surface area contributed by atoms with Gasteiger partial charge >= 0.3 is 0 Å². The average Bonchev–Trinajstić information content (AvgIpc) is 2.90. The number of hydrogen-bond donors (Lipinski definition) is 1. The zero-order chi connectivity index (χ0) is 13.0. The van der Waals surface area contributed by atoms with Gasteiger partial charge in [-0.25, -0.2) is 0 Å². The maximum absolute atomic E-state index is 4.40. The second-order valence-corrected chi connectivity index (χ2v) is 4.47. The van der Waals surface area contributed by atoms with Crippen molar-refractivity contribution < 1.29 is 0 Å². The molecule has 0 aliphatic carbocycles. The van der Waals surface area contributed by atoms with Crippen molar-refractivity contribution in [2.24, 2.45) is 7.05 Å². The molecule has 0 aliphatic heterocycles. The van der Waals surface area contributed by atoms with E-state index in [1.165, 1.54) is 11.3 Å². The van der Waals surface area contributed by atoms with Gasteiger partial charge in [0.05, 0.1) is 12.7 Å². The highest BCUT2D eigenvalue weighted by molar-refractivity contribution is 5.16. The summed E-state index contributed by atoms with van der Waals surface area (Å²) in [6.07, 6.45) is 4.98. The lowest BCUT2D eigenvalue weighted by Crippen LogP contribution is -2.14. The van der Waals surface area contributed by atoms with Crippen molar-refractivity contribution in [3.05, 3.63) is 29.3 Å². The Morgan fingerprint density at radius 2 is 2.22 bits per heavy atom. The van der Waals surface area contributed by atoms with Crippen molar-refractivity contribution in [3.8, 4) is 0 Å². The summed E-state index contributed by atoms with van der Waals surface area (Å²) >= 11 is 0. The maximum atomic E-state index is 4.40. The summed E-state index contributed by atoms with van der Waals surface area (Å²) in [6.45, 7) is 6.84. The van der Waals surface area contributed by atoms with Gasteiger partial charge in [0.1, 0.15) is 5.69 Å². The minimum atomic E-state index is 0.674. The summed E-state index contributed by atoms with van der Waals surface area (Å²) in [5.41, 5.74) is 3.35. The predicted octanol–water partition coefficient (Wildman–Crippen LogP) is 0.868. The van der Waals surface area contributed by atoms with Gasteiger partial charge < -0.3 is 5.32 Å². The number of aromatic nitrogens is 5. The van der Waals surface area contributed by atoms with E-state index in [4.69, 9.17) is 0 Å². The molecule has 0 spiro atoms. The van der Waals surface area contributed by atoms with Gasteiger partial charge in [0.15, 0.2) is 0 Å². The van der Waals surface area contributed by atoms with E-state index in [1.807, 2.05) is 24.1 Å². The summed E-state index contributed by atoms with van der Waals surface area (Å²) in [5.74, 6) is 0. The molecule has 6 heteroatoms. The van der Waals surface area contributed by atoms with Gasteiger partial charge in [0.25, 0.3) is 0 Å². The van der Waals surface area contributed by atoms with Crippen molar-refractivity contribution in [1.82, 2.24) is 30.1 Å². The molecule has 0 saturated heterocycles. The molecule has 2 aromatic rings. The highest BCUT2D eigenvalue weighted by Crippen LogP contribution is 2.08. The van der Waals surface area contributed by atoms with E-state index in [0.717, 1.165) is 25.2 Å². The molecule has 0 radical (unpaired) electrons. The molecule has 0 unspecified atom stereocenters. The minimum Gasteiger partial charge on any atom is -0.313 e. The van der Waals surface area contributed by atoms with Gasteiger partial charge in [0, 0.05) is 31.0 Å². The highest BCUT2D eigenvalue weighted by atomic mass is 15.4. The molecule has 0 fully saturated rings. The Hall–Kier alpha value is -1.69. The van der Waals surface area contributed by atoms with E-state index in [2.05, 4.69) is 34.6 Å². The van der Waals surface area contributed by atoms with E-state index in [9.17, 15) is 0 Å². The molecule has 0 saturated carbocycles. The van der Waals surface area contributed by atoms with Crippen molar-refractivity contribution in [3.63, 3.8) is 0 Å². The quantitative estimate of drug-likeness (QED) is 0.771. The van der Waals surface area contributed by atoms with Gasteiger partial charge in [-0.05, 0) is 19.9 Å². The fourth-order valence-corrected chi connectivity index (χ4v) is 1.84. The molecule has 2 rings (SSSR count). The molecule has 0 amide bonds. The largest absolute Gasteiger partial charge is 0.313 e.